The van der Waals surface area contributed by atoms with Crippen molar-refractivity contribution < 1.29 is 4.74 Å². The molecule has 1 fully saturated rings. The second-order valence-electron chi connectivity index (χ2n) is 6.46. The summed E-state index contributed by atoms with van der Waals surface area (Å²) in [6.45, 7) is 9.72. The zero-order valence-electron chi connectivity index (χ0n) is 13.8. The molecule has 1 heterocycles. The van der Waals surface area contributed by atoms with Crippen molar-refractivity contribution >= 4 is 11.4 Å². The monoisotopic (exact) mass is 290 g/mol. The Hall–Kier alpha value is -1.38. The third kappa shape index (κ3) is 4.05. The largest absolute Gasteiger partial charge is 0.491 e. The molecule has 0 bridgehead atoms. The van der Waals surface area contributed by atoms with Gasteiger partial charge in [-0.05, 0) is 49.7 Å². The van der Waals surface area contributed by atoms with Crippen LogP contribution in [0.5, 0.6) is 5.75 Å². The molecule has 0 radical (unpaired) electrons. The maximum absolute atomic E-state index is 6.33. The maximum Gasteiger partial charge on any atom is 0.144 e. The summed E-state index contributed by atoms with van der Waals surface area (Å²) in [4.78, 5) is 2.44. The number of hydrogen-bond acceptors (Lipinski definition) is 3. The van der Waals surface area contributed by atoms with Crippen LogP contribution >= 0.6 is 0 Å². The number of benzene rings is 1. The van der Waals surface area contributed by atoms with E-state index in [4.69, 9.17) is 10.5 Å². The van der Waals surface area contributed by atoms with Crippen LogP contribution in [0, 0.1) is 11.8 Å². The molecule has 0 aliphatic carbocycles. The summed E-state index contributed by atoms with van der Waals surface area (Å²) in [6, 6.07) is 6.16. The van der Waals surface area contributed by atoms with E-state index in [0.29, 0.717) is 0 Å². The van der Waals surface area contributed by atoms with Gasteiger partial charge in [-0.25, -0.2) is 0 Å². The average molecular weight is 290 g/mol. The van der Waals surface area contributed by atoms with Crippen molar-refractivity contribution in [3.63, 3.8) is 0 Å². The molecule has 0 saturated carbocycles. The van der Waals surface area contributed by atoms with E-state index in [1.807, 2.05) is 6.07 Å². The molecule has 1 aliphatic rings. The van der Waals surface area contributed by atoms with Crippen LogP contribution in [0.25, 0.3) is 0 Å². The number of rotatable bonds is 5. The minimum atomic E-state index is 0.725. The van der Waals surface area contributed by atoms with Gasteiger partial charge in [0.25, 0.3) is 0 Å². The number of nitrogen functional groups attached to an aromatic ring is 1. The summed E-state index contributed by atoms with van der Waals surface area (Å²) >= 11 is 0. The van der Waals surface area contributed by atoms with Gasteiger partial charge < -0.3 is 15.4 Å². The fraction of sp³-hybridized carbons (Fsp3) is 0.667. The molecule has 0 amide bonds. The van der Waals surface area contributed by atoms with E-state index in [1.165, 1.54) is 19.3 Å². The van der Waals surface area contributed by atoms with Crippen molar-refractivity contribution in [1.82, 2.24) is 0 Å². The van der Waals surface area contributed by atoms with Crippen molar-refractivity contribution in [2.45, 2.75) is 46.5 Å². The van der Waals surface area contributed by atoms with E-state index < -0.39 is 0 Å². The summed E-state index contributed by atoms with van der Waals surface area (Å²) in [5.74, 6) is 2.45. The molecule has 3 nitrogen and oxygen atoms in total. The molecule has 3 heteroatoms. The Morgan fingerprint density at radius 1 is 1.29 bits per heavy atom. The topological polar surface area (TPSA) is 38.5 Å². The lowest BCUT2D eigenvalue weighted by Crippen LogP contribution is -2.25. The summed E-state index contributed by atoms with van der Waals surface area (Å²) in [7, 11) is 0. The molecule has 1 aromatic carbocycles. The molecule has 1 aromatic rings. The van der Waals surface area contributed by atoms with E-state index in [2.05, 4.69) is 37.8 Å². The lowest BCUT2D eigenvalue weighted by atomic mass is 9.89. The van der Waals surface area contributed by atoms with Crippen molar-refractivity contribution in [1.29, 1.82) is 0 Å². The number of anilines is 2. The number of para-hydroxylation sites is 1. The molecule has 1 aliphatic heterocycles. The van der Waals surface area contributed by atoms with Crippen LogP contribution in [-0.2, 0) is 0 Å². The van der Waals surface area contributed by atoms with Gasteiger partial charge in [0.15, 0.2) is 0 Å². The van der Waals surface area contributed by atoms with Crippen LogP contribution in [-0.4, -0.2) is 19.7 Å². The maximum atomic E-state index is 6.33. The third-order valence-corrected chi connectivity index (χ3v) is 4.56. The summed E-state index contributed by atoms with van der Waals surface area (Å²) in [5, 5.41) is 0. The fourth-order valence-corrected chi connectivity index (χ4v) is 3.18. The Kier molecular flexibility index (Phi) is 5.77. The number of nitrogens with zero attached hydrogens (tertiary/aromatic N) is 1. The van der Waals surface area contributed by atoms with Crippen LogP contribution in [0.1, 0.15) is 46.5 Å². The predicted molar refractivity (Wildman–Crippen MR) is 91.0 cm³/mol. The molecular formula is C18H30N2O. The highest BCUT2D eigenvalue weighted by atomic mass is 16.5. The van der Waals surface area contributed by atoms with Crippen LogP contribution in [0.4, 0.5) is 11.4 Å². The van der Waals surface area contributed by atoms with Gasteiger partial charge in [0.05, 0.1) is 18.0 Å². The van der Waals surface area contributed by atoms with Crippen molar-refractivity contribution in [2.75, 3.05) is 30.3 Å². The van der Waals surface area contributed by atoms with Crippen molar-refractivity contribution in [2.24, 2.45) is 11.8 Å². The molecule has 118 valence electrons. The highest BCUT2D eigenvalue weighted by molar-refractivity contribution is 5.74. The Morgan fingerprint density at radius 3 is 2.81 bits per heavy atom. The van der Waals surface area contributed by atoms with Gasteiger partial charge >= 0.3 is 0 Å². The minimum absolute atomic E-state index is 0.725. The second-order valence-corrected chi connectivity index (χ2v) is 6.46. The molecule has 0 aromatic heterocycles. The molecule has 1 unspecified atom stereocenters. The van der Waals surface area contributed by atoms with E-state index in [-0.39, 0.29) is 0 Å². The van der Waals surface area contributed by atoms with Crippen LogP contribution in [0.3, 0.4) is 0 Å². The van der Waals surface area contributed by atoms with Gasteiger partial charge in [0.1, 0.15) is 5.75 Å². The first kappa shape index (κ1) is 16.0. The van der Waals surface area contributed by atoms with Gasteiger partial charge in [0.2, 0.25) is 0 Å². The predicted octanol–water partition coefficient (Wildman–Crippen LogP) is 4.32. The van der Waals surface area contributed by atoms with Gasteiger partial charge in [-0.2, -0.15) is 0 Å². The highest BCUT2D eigenvalue weighted by Gasteiger charge is 2.21. The standard InChI is InChI=1S/C18H30N2O/c1-4-13-21-17-9-5-8-16(18(17)19)20-11-6-7-15(10-12-20)14(2)3/h5,8-9,14-15H,4,6-7,10-13,19H2,1-3H3. The smallest absolute Gasteiger partial charge is 0.144 e. The molecule has 0 spiro atoms. The van der Waals surface area contributed by atoms with Gasteiger partial charge in [-0.1, -0.05) is 26.8 Å². The SMILES string of the molecule is CCCOc1cccc(N2CCCC(C(C)C)CC2)c1N. The second kappa shape index (κ2) is 7.58. The molecule has 2 rings (SSSR count). The molecule has 1 saturated heterocycles. The zero-order chi connectivity index (χ0) is 15.2. The highest BCUT2D eigenvalue weighted by Crippen LogP contribution is 2.35. The third-order valence-electron chi connectivity index (χ3n) is 4.56. The lowest BCUT2D eigenvalue weighted by Gasteiger charge is -2.26. The average Bonchev–Trinajstić information content (AvgIpc) is 2.72. The number of ether oxygens (including phenoxy) is 1. The fourth-order valence-electron chi connectivity index (χ4n) is 3.18. The zero-order valence-corrected chi connectivity index (χ0v) is 13.8. The van der Waals surface area contributed by atoms with Crippen molar-refractivity contribution in [3.05, 3.63) is 18.2 Å². The van der Waals surface area contributed by atoms with Gasteiger partial charge in [-0.3, -0.25) is 0 Å². The Balaban J connectivity index is 2.10. The molecule has 2 N–H and O–H groups in total. The van der Waals surface area contributed by atoms with Crippen LogP contribution in [0.15, 0.2) is 18.2 Å². The summed E-state index contributed by atoms with van der Waals surface area (Å²) in [5.41, 5.74) is 8.28. The van der Waals surface area contributed by atoms with Crippen molar-refractivity contribution in [3.8, 4) is 5.75 Å². The Bertz CT molecular complexity index is 445. The van der Waals surface area contributed by atoms with E-state index in [1.54, 1.807) is 0 Å². The summed E-state index contributed by atoms with van der Waals surface area (Å²) in [6.07, 6.45) is 4.85. The quantitative estimate of drug-likeness (QED) is 0.821. The van der Waals surface area contributed by atoms with E-state index in [0.717, 1.165) is 55.1 Å². The first-order valence-electron chi connectivity index (χ1n) is 8.39. The van der Waals surface area contributed by atoms with Crippen LogP contribution in [0.2, 0.25) is 0 Å². The number of hydrogen-bond donors (Lipinski definition) is 1. The molecule has 21 heavy (non-hydrogen) atoms. The Morgan fingerprint density at radius 2 is 2.10 bits per heavy atom. The van der Waals surface area contributed by atoms with Crippen LogP contribution < -0.4 is 15.4 Å². The lowest BCUT2D eigenvalue weighted by molar-refractivity contribution is 0.319. The van der Waals surface area contributed by atoms with E-state index >= 15 is 0 Å². The summed E-state index contributed by atoms with van der Waals surface area (Å²) < 4.78 is 5.76. The van der Waals surface area contributed by atoms with E-state index in [9.17, 15) is 0 Å². The first-order chi connectivity index (χ1) is 10.1. The van der Waals surface area contributed by atoms with Gasteiger partial charge in [0, 0.05) is 13.1 Å². The number of nitrogens with two attached hydrogens (primary N) is 1. The molecule has 1 atom stereocenters. The first-order valence-corrected chi connectivity index (χ1v) is 8.39. The minimum Gasteiger partial charge on any atom is -0.491 e. The normalized spacial score (nSPS) is 19.6. The molecular weight excluding hydrogens is 260 g/mol. The van der Waals surface area contributed by atoms with Gasteiger partial charge in [-0.15, -0.1) is 0 Å². The Labute approximate surface area is 129 Å².